The molecular weight excluding hydrogens is 390 g/mol. The zero-order valence-corrected chi connectivity index (χ0v) is 18.2. The van der Waals surface area contributed by atoms with Gasteiger partial charge in [0.05, 0.1) is 25.9 Å². The summed E-state index contributed by atoms with van der Waals surface area (Å²) < 4.78 is 12.8. The van der Waals surface area contributed by atoms with Gasteiger partial charge in [-0.25, -0.2) is 0 Å². The zero-order chi connectivity index (χ0) is 22.0. The highest BCUT2D eigenvalue weighted by molar-refractivity contribution is 5.95. The number of likely N-dealkylation sites (tertiary alicyclic amines) is 1. The van der Waals surface area contributed by atoms with E-state index in [0.717, 1.165) is 43.1 Å². The molecule has 1 aliphatic rings. The van der Waals surface area contributed by atoms with Crippen LogP contribution in [0, 0.1) is 11.3 Å². The van der Waals surface area contributed by atoms with Crippen molar-refractivity contribution in [1.82, 2.24) is 9.47 Å². The standard InChI is InChI=1S/C25H27N3O3/c1-27-21(14-18-7-6-17(16-26)13-22(18)27)10-9-20-5-4-12-28(20)25(29)19-8-11-23(30-2)24(15-19)31-3/h6-8,11,13-15,20H,4-5,9-10,12H2,1-3H3/t20-/m0/s1. The Hall–Kier alpha value is -3.46. The number of aromatic nitrogens is 1. The number of hydrogen-bond donors (Lipinski definition) is 0. The van der Waals surface area contributed by atoms with Crippen molar-refractivity contribution >= 4 is 16.8 Å². The number of carbonyl (C=O) groups excluding carboxylic acids is 1. The first-order valence-corrected chi connectivity index (χ1v) is 10.6. The molecule has 1 amide bonds. The monoisotopic (exact) mass is 417 g/mol. The van der Waals surface area contributed by atoms with Crippen molar-refractivity contribution in [2.45, 2.75) is 31.7 Å². The minimum atomic E-state index is 0.0409. The number of methoxy groups -OCH3 is 2. The second-order valence-corrected chi connectivity index (χ2v) is 7.98. The molecule has 1 aliphatic heterocycles. The quantitative estimate of drug-likeness (QED) is 0.600. The molecule has 0 saturated carbocycles. The number of fused-ring (bicyclic) bond motifs is 1. The van der Waals surface area contributed by atoms with E-state index >= 15 is 0 Å². The van der Waals surface area contributed by atoms with Crippen molar-refractivity contribution in [3.8, 4) is 17.6 Å². The van der Waals surface area contributed by atoms with Crippen LogP contribution in [0.15, 0.2) is 42.5 Å². The number of nitrogens with zero attached hydrogens (tertiary/aromatic N) is 3. The molecule has 2 heterocycles. The fourth-order valence-electron chi connectivity index (χ4n) is 4.55. The lowest BCUT2D eigenvalue weighted by molar-refractivity contribution is 0.0730. The van der Waals surface area contributed by atoms with E-state index in [1.807, 2.05) is 30.1 Å². The second kappa shape index (κ2) is 8.73. The van der Waals surface area contributed by atoms with Gasteiger partial charge < -0.3 is 18.9 Å². The lowest BCUT2D eigenvalue weighted by Crippen LogP contribution is -2.35. The first kappa shape index (κ1) is 20.8. The Morgan fingerprint density at radius 1 is 1.13 bits per heavy atom. The Labute approximate surface area is 182 Å². The highest BCUT2D eigenvalue weighted by atomic mass is 16.5. The molecule has 2 aromatic carbocycles. The lowest BCUT2D eigenvalue weighted by atomic mass is 10.1. The summed E-state index contributed by atoms with van der Waals surface area (Å²) in [5, 5.41) is 10.3. The molecule has 6 nitrogen and oxygen atoms in total. The van der Waals surface area contributed by atoms with E-state index in [0.29, 0.717) is 22.6 Å². The molecule has 1 atom stereocenters. The van der Waals surface area contributed by atoms with Crippen LogP contribution in [0.4, 0.5) is 0 Å². The summed E-state index contributed by atoms with van der Waals surface area (Å²) in [6.07, 6.45) is 3.83. The predicted molar refractivity (Wildman–Crippen MR) is 120 cm³/mol. The largest absolute Gasteiger partial charge is 0.493 e. The smallest absolute Gasteiger partial charge is 0.254 e. The van der Waals surface area contributed by atoms with Crippen molar-refractivity contribution in [3.63, 3.8) is 0 Å². The van der Waals surface area contributed by atoms with Crippen molar-refractivity contribution < 1.29 is 14.3 Å². The number of amides is 1. The Kier molecular flexibility index (Phi) is 5.85. The van der Waals surface area contributed by atoms with Crippen molar-refractivity contribution in [3.05, 3.63) is 59.3 Å². The summed E-state index contributed by atoms with van der Waals surface area (Å²) in [5.41, 5.74) is 3.58. The van der Waals surface area contributed by atoms with Gasteiger partial charge in [0.2, 0.25) is 0 Å². The van der Waals surface area contributed by atoms with Gasteiger partial charge in [-0.15, -0.1) is 0 Å². The average molecular weight is 418 g/mol. The minimum absolute atomic E-state index is 0.0409. The van der Waals surface area contributed by atoms with Gasteiger partial charge in [-0.05, 0) is 67.5 Å². The zero-order valence-electron chi connectivity index (χ0n) is 18.2. The SMILES string of the molecule is COc1ccc(C(=O)N2CCC[C@H]2CCc2cc3ccc(C#N)cc3n2C)cc1OC. The fraction of sp³-hybridized carbons (Fsp3) is 0.360. The lowest BCUT2D eigenvalue weighted by Gasteiger charge is -2.25. The van der Waals surface area contributed by atoms with Gasteiger partial charge in [-0.2, -0.15) is 5.26 Å². The second-order valence-electron chi connectivity index (χ2n) is 7.98. The van der Waals surface area contributed by atoms with Gasteiger partial charge >= 0.3 is 0 Å². The summed E-state index contributed by atoms with van der Waals surface area (Å²) in [6, 6.07) is 15.7. The van der Waals surface area contributed by atoms with E-state index in [1.165, 1.54) is 5.69 Å². The first-order chi connectivity index (χ1) is 15.0. The van der Waals surface area contributed by atoms with E-state index in [-0.39, 0.29) is 11.9 Å². The minimum Gasteiger partial charge on any atom is -0.493 e. The normalized spacial score (nSPS) is 15.8. The van der Waals surface area contributed by atoms with Gasteiger partial charge in [-0.3, -0.25) is 4.79 Å². The van der Waals surface area contributed by atoms with E-state index in [4.69, 9.17) is 14.7 Å². The molecule has 0 unspecified atom stereocenters. The Morgan fingerprint density at radius 2 is 1.94 bits per heavy atom. The van der Waals surface area contributed by atoms with Gasteiger partial charge in [0.1, 0.15) is 0 Å². The van der Waals surface area contributed by atoms with Crippen molar-refractivity contribution in [2.75, 3.05) is 20.8 Å². The highest BCUT2D eigenvalue weighted by Crippen LogP contribution is 2.30. The Morgan fingerprint density at radius 3 is 2.68 bits per heavy atom. The van der Waals surface area contributed by atoms with Gasteiger partial charge in [0.15, 0.2) is 11.5 Å². The van der Waals surface area contributed by atoms with E-state index in [9.17, 15) is 4.79 Å². The summed E-state index contributed by atoms with van der Waals surface area (Å²) in [6.45, 7) is 0.776. The third kappa shape index (κ3) is 3.96. The molecule has 1 saturated heterocycles. The number of aryl methyl sites for hydroxylation is 2. The molecule has 1 aromatic heterocycles. The van der Waals surface area contributed by atoms with Gasteiger partial charge in [0.25, 0.3) is 5.91 Å². The van der Waals surface area contributed by atoms with Crippen LogP contribution in [0.3, 0.4) is 0 Å². The van der Waals surface area contributed by atoms with Crippen LogP contribution in [0.2, 0.25) is 0 Å². The molecule has 0 N–H and O–H groups in total. The van der Waals surface area contributed by atoms with Crippen LogP contribution in [0.5, 0.6) is 11.5 Å². The molecule has 4 rings (SSSR count). The fourth-order valence-corrected chi connectivity index (χ4v) is 4.55. The average Bonchev–Trinajstić information content (AvgIpc) is 3.40. The number of rotatable bonds is 6. The number of benzene rings is 2. The molecular formula is C25H27N3O3. The summed E-state index contributed by atoms with van der Waals surface area (Å²) in [7, 11) is 5.21. The number of ether oxygens (including phenoxy) is 2. The topological polar surface area (TPSA) is 67.5 Å². The molecule has 0 radical (unpaired) electrons. The van der Waals surface area contributed by atoms with E-state index in [1.54, 1.807) is 32.4 Å². The van der Waals surface area contributed by atoms with Crippen LogP contribution in [-0.2, 0) is 13.5 Å². The summed E-state index contributed by atoms with van der Waals surface area (Å²) in [5.74, 6) is 1.22. The van der Waals surface area contributed by atoms with Crippen LogP contribution in [0.25, 0.3) is 10.9 Å². The van der Waals surface area contributed by atoms with Crippen LogP contribution in [-0.4, -0.2) is 42.2 Å². The highest BCUT2D eigenvalue weighted by Gasteiger charge is 2.29. The van der Waals surface area contributed by atoms with Crippen LogP contribution in [0.1, 0.15) is 40.9 Å². The third-order valence-corrected chi connectivity index (χ3v) is 6.28. The van der Waals surface area contributed by atoms with Crippen molar-refractivity contribution in [2.24, 2.45) is 7.05 Å². The van der Waals surface area contributed by atoms with E-state index < -0.39 is 0 Å². The maximum Gasteiger partial charge on any atom is 0.254 e. The molecule has 160 valence electrons. The molecule has 0 bridgehead atoms. The summed E-state index contributed by atoms with van der Waals surface area (Å²) in [4.78, 5) is 15.2. The Bertz CT molecular complexity index is 1160. The number of carbonyl (C=O) groups is 1. The summed E-state index contributed by atoms with van der Waals surface area (Å²) >= 11 is 0. The maximum atomic E-state index is 13.2. The van der Waals surface area contributed by atoms with E-state index in [2.05, 4.69) is 16.7 Å². The van der Waals surface area contributed by atoms with Gasteiger partial charge in [-0.1, -0.05) is 6.07 Å². The molecule has 0 spiro atoms. The molecule has 6 heteroatoms. The third-order valence-electron chi connectivity index (χ3n) is 6.28. The van der Waals surface area contributed by atoms with Crippen LogP contribution < -0.4 is 9.47 Å². The number of hydrogen-bond acceptors (Lipinski definition) is 4. The Balaban J connectivity index is 1.49. The first-order valence-electron chi connectivity index (χ1n) is 10.6. The van der Waals surface area contributed by atoms with Crippen LogP contribution >= 0.6 is 0 Å². The maximum absolute atomic E-state index is 13.2. The number of nitriles is 1. The molecule has 1 fully saturated rings. The van der Waals surface area contributed by atoms with Crippen molar-refractivity contribution in [1.29, 1.82) is 5.26 Å². The molecule has 3 aromatic rings. The molecule has 0 aliphatic carbocycles. The molecule has 31 heavy (non-hydrogen) atoms. The van der Waals surface area contributed by atoms with Gasteiger partial charge in [0, 0.05) is 36.4 Å². The predicted octanol–water partition coefficient (Wildman–Crippen LogP) is 4.30.